The predicted molar refractivity (Wildman–Crippen MR) is 158 cm³/mol. The van der Waals surface area contributed by atoms with Gasteiger partial charge in [0.25, 0.3) is 0 Å². The summed E-state index contributed by atoms with van der Waals surface area (Å²) in [6.45, 7) is 9.56. The van der Waals surface area contributed by atoms with Crippen LogP contribution in [0.3, 0.4) is 0 Å². The summed E-state index contributed by atoms with van der Waals surface area (Å²) in [4.78, 5) is 24.5. The molecule has 1 saturated heterocycles. The summed E-state index contributed by atoms with van der Waals surface area (Å²) in [5.74, 6) is -1.48. The van der Waals surface area contributed by atoms with Gasteiger partial charge in [-0.2, -0.15) is 0 Å². The Kier molecular flexibility index (Phi) is 7.96. The maximum Gasteiger partial charge on any atom is 0.247 e. The minimum Gasteiger partial charge on any atom is -0.389 e. The molecule has 10 heteroatoms. The molecule has 3 aromatic carbocycles. The van der Waals surface area contributed by atoms with Crippen LogP contribution >= 0.6 is 0 Å². The summed E-state index contributed by atoms with van der Waals surface area (Å²) in [7, 11) is 0. The molecule has 1 aromatic heterocycles. The first-order valence-electron chi connectivity index (χ1n) is 13.3. The number of nitrogens with zero attached hydrogens (tertiary/aromatic N) is 4. The molecule has 0 spiro atoms. The van der Waals surface area contributed by atoms with E-state index in [9.17, 15) is 9.90 Å². The zero-order valence-corrected chi connectivity index (χ0v) is 23.0. The van der Waals surface area contributed by atoms with Crippen molar-refractivity contribution >= 4 is 39.8 Å². The van der Waals surface area contributed by atoms with E-state index in [1.54, 1.807) is 31.0 Å². The molecule has 3 N–H and O–H groups in total. The lowest BCUT2D eigenvalue weighted by atomic mass is 10.0. The predicted octanol–water partition coefficient (Wildman–Crippen LogP) is 5.34. The van der Waals surface area contributed by atoms with Crippen molar-refractivity contribution in [1.29, 1.82) is 0 Å². The van der Waals surface area contributed by atoms with Gasteiger partial charge in [-0.15, -0.1) is 0 Å². The van der Waals surface area contributed by atoms with E-state index in [4.69, 9.17) is 0 Å². The smallest absolute Gasteiger partial charge is 0.247 e. The maximum absolute atomic E-state index is 15.2. The third kappa shape index (κ3) is 6.67. The van der Waals surface area contributed by atoms with Crippen LogP contribution in [-0.4, -0.2) is 64.2 Å². The molecule has 0 bridgehead atoms. The number of carbonyl (C=O) groups excluding carboxylic acids is 1. The Balaban J connectivity index is 1.37. The molecule has 0 unspecified atom stereocenters. The highest BCUT2D eigenvalue weighted by Crippen LogP contribution is 2.32. The van der Waals surface area contributed by atoms with Gasteiger partial charge in [-0.25, -0.2) is 18.7 Å². The third-order valence-electron chi connectivity index (χ3n) is 6.81. The molecule has 5 rings (SSSR count). The van der Waals surface area contributed by atoms with Gasteiger partial charge < -0.3 is 20.6 Å². The number of carbonyl (C=O) groups is 1. The molecule has 0 radical (unpaired) electrons. The molecule has 1 amide bonds. The molecular formula is C31H32F2N6O2. The van der Waals surface area contributed by atoms with Gasteiger partial charge >= 0.3 is 0 Å². The topological polar surface area (TPSA) is 93.6 Å². The Bertz CT molecular complexity index is 1570. The fraction of sp³-hybridized carbons (Fsp3) is 0.258. The average molecular weight is 559 g/mol. The van der Waals surface area contributed by atoms with E-state index in [2.05, 4.69) is 32.1 Å². The fourth-order valence-electron chi connectivity index (χ4n) is 5.05. The first kappa shape index (κ1) is 28.1. The number of hydrogen-bond donors (Lipinski definition) is 3. The van der Waals surface area contributed by atoms with Crippen molar-refractivity contribution in [3.8, 4) is 11.1 Å². The molecule has 1 aliphatic rings. The van der Waals surface area contributed by atoms with E-state index in [1.807, 2.05) is 36.4 Å². The molecular weight excluding hydrogens is 526 g/mol. The number of aromatic nitrogens is 2. The number of fused-ring (bicyclic) bond motifs is 1. The van der Waals surface area contributed by atoms with Gasteiger partial charge in [-0.3, -0.25) is 9.69 Å². The summed E-state index contributed by atoms with van der Waals surface area (Å²) in [5.41, 5.74) is 2.18. The molecule has 1 fully saturated rings. The van der Waals surface area contributed by atoms with Crippen LogP contribution in [0.5, 0.6) is 0 Å². The molecule has 0 saturated carbocycles. The number of hydrogen-bond acceptors (Lipinski definition) is 7. The molecule has 0 aliphatic carbocycles. The molecule has 41 heavy (non-hydrogen) atoms. The third-order valence-corrected chi connectivity index (χ3v) is 6.81. The van der Waals surface area contributed by atoms with Crippen LogP contribution in [0.1, 0.15) is 13.8 Å². The van der Waals surface area contributed by atoms with E-state index in [0.717, 1.165) is 16.5 Å². The highest BCUT2D eigenvalue weighted by molar-refractivity contribution is 6.00. The fourth-order valence-corrected chi connectivity index (χ4v) is 5.05. The lowest BCUT2D eigenvalue weighted by Gasteiger charge is -2.38. The number of β-amino-alcohol motifs (C(OH)–C–C–N with tert-alkyl or cyclic N) is 1. The second kappa shape index (κ2) is 11.6. The Labute approximate surface area is 237 Å². The number of rotatable bonds is 8. The van der Waals surface area contributed by atoms with Crippen LogP contribution in [0.25, 0.3) is 22.0 Å². The van der Waals surface area contributed by atoms with Crippen LogP contribution in [0.4, 0.5) is 31.8 Å². The number of nitrogens with one attached hydrogen (secondary N) is 2. The first-order chi connectivity index (χ1) is 19.6. The highest BCUT2D eigenvalue weighted by Gasteiger charge is 2.26. The second-order valence-electron chi connectivity index (χ2n) is 10.7. The van der Waals surface area contributed by atoms with Crippen molar-refractivity contribution in [2.45, 2.75) is 19.4 Å². The number of piperazine rings is 1. The van der Waals surface area contributed by atoms with Gasteiger partial charge in [0.05, 0.1) is 11.1 Å². The Morgan fingerprint density at radius 3 is 2.44 bits per heavy atom. The first-order valence-corrected chi connectivity index (χ1v) is 13.3. The van der Waals surface area contributed by atoms with Crippen LogP contribution < -0.4 is 15.5 Å². The second-order valence-corrected chi connectivity index (χ2v) is 10.7. The molecule has 2 heterocycles. The minimum absolute atomic E-state index is 0.0661. The molecule has 4 aromatic rings. The SMILES string of the molecule is C=CC(=O)Nc1cccc(-c2cccc3cnc(Nc4cc(F)c(N5CCN(CC(C)(C)O)CC5)c(F)c4)nc23)c1. The number of halogens is 2. The molecule has 212 valence electrons. The summed E-state index contributed by atoms with van der Waals surface area (Å²) >= 11 is 0. The Morgan fingerprint density at radius 2 is 1.76 bits per heavy atom. The van der Waals surface area contributed by atoms with Crippen molar-refractivity contribution in [2.24, 2.45) is 0 Å². The van der Waals surface area contributed by atoms with Crippen molar-refractivity contribution in [3.05, 3.63) is 85.1 Å². The van der Waals surface area contributed by atoms with Crippen molar-refractivity contribution < 1.29 is 18.7 Å². The van der Waals surface area contributed by atoms with Crippen molar-refractivity contribution in [3.63, 3.8) is 0 Å². The van der Waals surface area contributed by atoms with Crippen LogP contribution in [-0.2, 0) is 4.79 Å². The maximum atomic E-state index is 15.2. The average Bonchev–Trinajstić information content (AvgIpc) is 2.92. The minimum atomic E-state index is -0.829. The Morgan fingerprint density at radius 1 is 1.05 bits per heavy atom. The normalized spacial score (nSPS) is 14.2. The quantitative estimate of drug-likeness (QED) is 0.252. The summed E-state index contributed by atoms with van der Waals surface area (Å²) < 4.78 is 30.4. The van der Waals surface area contributed by atoms with E-state index >= 15 is 8.78 Å². The summed E-state index contributed by atoms with van der Waals surface area (Å²) in [5, 5.41) is 16.5. The highest BCUT2D eigenvalue weighted by atomic mass is 19.1. The van der Waals surface area contributed by atoms with Crippen LogP contribution in [0.2, 0.25) is 0 Å². The van der Waals surface area contributed by atoms with Crippen molar-refractivity contribution in [1.82, 2.24) is 14.9 Å². The number of benzene rings is 3. The van der Waals surface area contributed by atoms with Crippen molar-refractivity contribution in [2.75, 3.05) is 48.3 Å². The van der Waals surface area contributed by atoms with E-state index < -0.39 is 17.2 Å². The zero-order chi connectivity index (χ0) is 29.1. The van der Waals surface area contributed by atoms with Gasteiger partial charge in [-0.1, -0.05) is 36.9 Å². The van der Waals surface area contributed by atoms with Crippen LogP contribution in [0, 0.1) is 11.6 Å². The van der Waals surface area contributed by atoms with E-state index in [0.29, 0.717) is 43.9 Å². The molecule has 8 nitrogen and oxygen atoms in total. The lowest BCUT2D eigenvalue weighted by Crippen LogP contribution is -2.50. The zero-order valence-electron chi connectivity index (χ0n) is 23.0. The number of aliphatic hydroxyl groups is 1. The van der Waals surface area contributed by atoms with Gasteiger partial charge in [0.15, 0.2) is 11.6 Å². The Hall–Kier alpha value is -4.41. The monoisotopic (exact) mass is 558 g/mol. The number of para-hydroxylation sites is 1. The summed E-state index contributed by atoms with van der Waals surface area (Å²) in [6.07, 6.45) is 2.85. The van der Waals surface area contributed by atoms with Gasteiger partial charge in [0.1, 0.15) is 5.69 Å². The molecule has 0 atom stereocenters. The summed E-state index contributed by atoms with van der Waals surface area (Å²) in [6, 6.07) is 15.5. The number of anilines is 4. The largest absolute Gasteiger partial charge is 0.389 e. The lowest BCUT2D eigenvalue weighted by molar-refractivity contribution is -0.111. The standard InChI is InChI=1S/C31H32F2N6O2/c1-4-27(40)35-22-9-5-7-20(15-22)24-10-6-8-21-18-34-30(37-28(21)24)36-23-16-25(32)29(26(33)17-23)39-13-11-38(12-14-39)19-31(2,3)41/h4-10,15-18,41H,1,11-14,19H2,2-3H3,(H,35,40)(H,34,36,37). The molecule has 1 aliphatic heterocycles. The van der Waals surface area contributed by atoms with Gasteiger partial charge in [-0.05, 0) is 49.8 Å². The van der Waals surface area contributed by atoms with Gasteiger partial charge in [0, 0.05) is 61.2 Å². The van der Waals surface area contributed by atoms with E-state index in [-0.39, 0.29) is 23.2 Å². The van der Waals surface area contributed by atoms with Gasteiger partial charge in [0.2, 0.25) is 11.9 Å². The van der Waals surface area contributed by atoms with E-state index in [1.165, 1.54) is 18.2 Å². The van der Waals surface area contributed by atoms with Crippen LogP contribution in [0.15, 0.2) is 73.4 Å². The number of amides is 1.